The molecule has 0 saturated heterocycles. The average Bonchev–Trinajstić information content (AvgIpc) is 2.66. The zero-order chi connectivity index (χ0) is 11.5. The van der Waals surface area contributed by atoms with Gasteiger partial charge in [0.1, 0.15) is 18.2 Å². The summed E-state index contributed by atoms with van der Waals surface area (Å²) >= 11 is 3.11. The van der Waals surface area contributed by atoms with Gasteiger partial charge in [-0.3, -0.25) is 0 Å². The summed E-state index contributed by atoms with van der Waals surface area (Å²) in [5.74, 6) is 0.322. The Kier molecular flexibility index (Phi) is 3.24. The molecule has 0 radical (unpaired) electrons. The Morgan fingerprint density at radius 2 is 2.31 bits per heavy atom. The fourth-order valence-corrected chi connectivity index (χ4v) is 1.61. The molecule has 0 aliphatic heterocycles. The lowest BCUT2D eigenvalue weighted by Crippen LogP contribution is -2.01. The SMILES string of the molecule is Cn1cncc1COc1ccc(F)c(Br)c1. The maximum Gasteiger partial charge on any atom is 0.137 e. The number of benzene rings is 1. The Labute approximate surface area is 101 Å². The van der Waals surface area contributed by atoms with Gasteiger partial charge in [0, 0.05) is 7.05 Å². The second-order valence-electron chi connectivity index (χ2n) is 3.36. The largest absolute Gasteiger partial charge is 0.487 e. The summed E-state index contributed by atoms with van der Waals surface area (Å²) in [7, 11) is 1.90. The number of nitrogens with zero attached hydrogens (tertiary/aromatic N) is 2. The van der Waals surface area contributed by atoms with Crippen molar-refractivity contribution in [3.05, 3.63) is 46.7 Å². The molecule has 2 rings (SSSR count). The highest BCUT2D eigenvalue weighted by Crippen LogP contribution is 2.22. The molecule has 0 bridgehead atoms. The standard InChI is InChI=1S/C11H10BrFN2O/c1-15-7-14-5-8(15)6-16-9-2-3-11(13)10(12)4-9/h2-5,7H,6H2,1H3. The molecule has 0 spiro atoms. The predicted molar refractivity (Wildman–Crippen MR) is 61.6 cm³/mol. The quantitative estimate of drug-likeness (QED) is 0.867. The van der Waals surface area contributed by atoms with E-state index in [1.54, 1.807) is 24.7 Å². The van der Waals surface area contributed by atoms with E-state index in [0.717, 1.165) is 5.69 Å². The molecule has 0 fully saturated rings. The van der Waals surface area contributed by atoms with Crippen molar-refractivity contribution in [2.75, 3.05) is 0 Å². The van der Waals surface area contributed by atoms with Crippen LogP contribution in [0.15, 0.2) is 35.2 Å². The summed E-state index contributed by atoms with van der Waals surface area (Å²) in [5, 5.41) is 0. The first kappa shape index (κ1) is 11.1. The van der Waals surface area contributed by atoms with E-state index in [2.05, 4.69) is 20.9 Å². The second kappa shape index (κ2) is 4.65. The molecule has 0 aliphatic carbocycles. The molecule has 1 heterocycles. The van der Waals surface area contributed by atoms with Gasteiger partial charge >= 0.3 is 0 Å². The number of hydrogen-bond acceptors (Lipinski definition) is 2. The van der Waals surface area contributed by atoms with Crippen molar-refractivity contribution in [3.63, 3.8) is 0 Å². The summed E-state index contributed by atoms with van der Waals surface area (Å²) in [6, 6.07) is 4.56. The van der Waals surface area contributed by atoms with Crippen molar-refractivity contribution in [1.82, 2.24) is 9.55 Å². The van der Waals surface area contributed by atoms with Crippen LogP contribution in [0.4, 0.5) is 4.39 Å². The second-order valence-corrected chi connectivity index (χ2v) is 4.21. The van der Waals surface area contributed by atoms with Gasteiger partial charge < -0.3 is 9.30 Å². The molecule has 0 N–H and O–H groups in total. The minimum Gasteiger partial charge on any atom is -0.487 e. The normalized spacial score (nSPS) is 10.4. The zero-order valence-electron chi connectivity index (χ0n) is 8.65. The van der Waals surface area contributed by atoms with Crippen LogP contribution in [0.2, 0.25) is 0 Å². The van der Waals surface area contributed by atoms with Crippen molar-refractivity contribution in [3.8, 4) is 5.75 Å². The number of aromatic nitrogens is 2. The number of rotatable bonds is 3. The van der Waals surface area contributed by atoms with Crippen LogP contribution in [0.5, 0.6) is 5.75 Å². The third-order valence-electron chi connectivity index (χ3n) is 2.19. The Hall–Kier alpha value is -1.36. The summed E-state index contributed by atoms with van der Waals surface area (Å²) in [6.45, 7) is 0.411. The Morgan fingerprint density at radius 3 is 2.94 bits per heavy atom. The molecule has 0 unspecified atom stereocenters. The van der Waals surface area contributed by atoms with Gasteiger partial charge in [0.25, 0.3) is 0 Å². The van der Waals surface area contributed by atoms with Crippen LogP contribution < -0.4 is 4.74 Å². The fourth-order valence-electron chi connectivity index (χ4n) is 1.25. The molecule has 84 valence electrons. The summed E-state index contributed by atoms with van der Waals surface area (Å²) < 4.78 is 20.7. The van der Waals surface area contributed by atoms with Crippen LogP contribution >= 0.6 is 15.9 Å². The third kappa shape index (κ3) is 2.41. The van der Waals surface area contributed by atoms with Crippen molar-refractivity contribution < 1.29 is 9.13 Å². The van der Waals surface area contributed by atoms with Gasteiger partial charge in [-0.2, -0.15) is 0 Å². The summed E-state index contributed by atoms with van der Waals surface area (Å²) in [5.41, 5.74) is 0.959. The number of aryl methyl sites for hydroxylation is 1. The molecule has 2 aromatic rings. The topological polar surface area (TPSA) is 27.1 Å². The van der Waals surface area contributed by atoms with Gasteiger partial charge in [-0.25, -0.2) is 9.37 Å². The van der Waals surface area contributed by atoms with Gasteiger partial charge in [0.05, 0.1) is 22.7 Å². The van der Waals surface area contributed by atoms with Crippen molar-refractivity contribution in [2.24, 2.45) is 7.05 Å². The Morgan fingerprint density at radius 1 is 1.50 bits per heavy atom. The first-order valence-corrected chi connectivity index (χ1v) is 5.49. The number of ether oxygens (including phenoxy) is 1. The van der Waals surface area contributed by atoms with Gasteiger partial charge in [-0.05, 0) is 34.1 Å². The van der Waals surface area contributed by atoms with Crippen molar-refractivity contribution in [2.45, 2.75) is 6.61 Å². The minimum atomic E-state index is -0.298. The van der Waals surface area contributed by atoms with E-state index in [-0.39, 0.29) is 5.82 Å². The van der Waals surface area contributed by atoms with E-state index in [1.807, 2.05) is 11.6 Å². The maximum atomic E-state index is 13.0. The zero-order valence-corrected chi connectivity index (χ0v) is 10.2. The molecule has 1 aromatic heterocycles. The van der Waals surface area contributed by atoms with Gasteiger partial charge in [-0.1, -0.05) is 0 Å². The highest BCUT2D eigenvalue weighted by molar-refractivity contribution is 9.10. The van der Waals surface area contributed by atoms with Gasteiger partial charge in [-0.15, -0.1) is 0 Å². The molecule has 0 amide bonds. The minimum absolute atomic E-state index is 0.298. The molecule has 0 saturated carbocycles. The van der Waals surface area contributed by atoms with Crippen molar-refractivity contribution >= 4 is 15.9 Å². The predicted octanol–water partition coefficient (Wildman–Crippen LogP) is 2.90. The first-order valence-electron chi connectivity index (χ1n) is 4.70. The van der Waals surface area contributed by atoms with E-state index in [1.165, 1.54) is 6.07 Å². The molecule has 5 heteroatoms. The molecule has 3 nitrogen and oxygen atoms in total. The van der Waals surface area contributed by atoms with E-state index < -0.39 is 0 Å². The van der Waals surface area contributed by atoms with E-state index in [9.17, 15) is 4.39 Å². The van der Waals surface area contributed by atoms with Gasteiger partial charge in [0.15, 0.2) is 0 Å². The van der Waals surface area contributed by atoms with Crippen LogP contribution in [-0.4, -0.2) is 9.55 Å². The van der Waals surface area contributed by atoms with Crippen LogP contribution in [0.3, 0.4) is 0 Å². The summed E-state index contributed by atoms with van der Waals surface area (Å²) in [6.07, 6.45) is 3.44. The fraction of sp³-hybridized carbons (Fsp3) is 0.182. The smallest absolute Gasteiger partial charge is 0.137 e. The lowest BCUT2D eigenvalue weighted by atomic mass is 10.3. The van der Waals surface area contributed by atoms with Gasteiger partial charge in [0.2, 0.25) is 0 Å². The van der Waals surface area contributed by atoms with Crippen LogP contribution in [-0.2, 0) is 13.7 Å². The number of halogens is 2. The lowest BCUT2D eigenvalue weighted by molar-refractivity contribution is 0.296. The van der Waals surface area contributed by atoms with E-state index in [0.29, 0.717) is 16.8 Å². The molecule has 0 aliphatic rings. The molecular weight excluding hydrogens is 275 g/mol. The van der Waals surface area contributed by atoms with Crippen LogP contribution in [0.1, 0.15) is 5.69 Å². The number of imidazole rings is 1. The van der Waals surface area contributed by atoms with Crippen LogP contribution in [0.25, 0.3) is 0 Å². The van der Waals surface area contributed by atoms with E-state index >= 15 is 0 Å². The summed E-state index contributed by atoms with van der Waals surface area (Å²) in [4.78, 5) is 3.98. The maximum absolute atomic E-state index is 13.0. The highest BCUT2D eigenvalue weighted by atomic mass is 79.9. The average molecular weight is 285 g/mol. The van der Waals surface area contributed by atoms with Crippen LogP contribution in [0, 0.1) is 5.82 Å². The molecular formula is C11H10BrFN2O. The molecule has 16 heavy (non-hydrogen) atoms. The Bertz CT molecular complexity index is 498. The molecule has 0 atom stereocenters. The Balaban J connectivity index is 2.05. The molecule has 1 aromatic carbocycles. The highest BCUT2D eigenvalue weighted by Gasteiger charge is 2.03. The lowest BCUT2D eigenvalue weighted by Gasteiger charge is -2.07. The third-order valence-corrected chi connectivity index (χ3v) is 2.80. The first-order chi connectivity index (χ1) is 7.66. The monoisotopic (exact) mass is 284 g/mol. The number of hydrogen-bond donors (Lipinski definition) is 0. The van der Waals surface area contributed by atoms with E-state index in [4.69, 9.17) is 4.74 Å². The van der Waals surface area contributed by atoms with Crippen molar-refractivity contribution in [1.29, 1.82) is 0 Å².